The van der Waals surface area contributed by atoms with Crippen LogP contribution in [0.3, 0.4) is 0 Å². The van der Waals surface area contributed by atoms with E-state index in [-0.39, 0.29) is 127 Å². The molecular weight excluding hydrogens is 1920 g/mol. The number of likely N-dealkylation sites (tertiary alicyclic amines) is 3. The van der Waals surface area contributed by atoms with Crippen LogP contribution >= 0.6 is 0 Å². The van der Waals surface area contributed by atoms with Gasteiger partial charge in [-0.2, -0.15) is 0 Å². The third-order valence-electron chi connectivity index (χ3n) is 25.3. The molecule has 0 radical (unpaired) electrons. The number of carbonyl (C=O) groups excluding carboxylic acids is 21. The van der Waals surface area contributed by atoms with Gasteiger partial charge in [-0.25, -0.2) is 4.79 Å². The van der Waals surface area contributed by atoms with Crippen molar-refractivity contribution in [2.75, 3.05) is 65.6 Å². The van der Waals surface area contributed by atoms with Crippen LogP contribution < -0.4 is 119 Å². The summed E-state index contributed by atoms with van der Waals surface area (Å²) in [6.45, 7) is 14.1. The topological polar surface area (TPSA) is 835 Å². The van der Waals surface area contributed by atoms with E-state index in [2.05, 4.69) is 85.1 Å². The number of carbonyl (C=O) groups is 22. The highest BCUT2D eigenvalue weighted by atomic mass is 16.4. The van der Waals surface area contributed by atoms with Crippen molar-refractivity contribution in [2.45, 2.75) is 339 Å². The standard InChI is InChI=1S/C95H159N25O27/c1-12-52(8)76(90(141)112-65(44-56-28-30-57(124)31-29-56)85(136)107-59(23-14-17-37-97)81(132)104-53(9)79(130)114-67(48-122)87(138)117-77(55(11)123)91(142)111-63(42-49(2)3)84(135)105-54(10)78(129)113-66(47-121)80(131)102-46-74(128)115-75(51(6)7)95(146)147)116-86(137)64(43-50(4)5)110-83(134)61(32-34-71(100)125)108-82(133)60(24-15-18-38-98)109-89(140)69-26-20-40-119(69)94(145)70-27-21-41-120(70)93(144)62(33-35-72(101)126)106-73(127)45-103-88(139)68-25-19-39-118(68)92(143)58(99)22-13-16-36-96/h28-31,49-55,58-70,75-77,121-124H,12-27,32-48,96-99H2,1-11H3,(H2,100,125)(H2,101,126)(H,102,131)(H,103,139)(H,104,132)(H,105,135)(H,106,127)(H,107,136)(H,108,133)(H,109,140)(H,110,134)(H,111,142)(H,112,141)(H,113,129)(H,114,130)(H,115,128)(H,116,137)(H,117,138)(H,146,147)/t52-,53-,54-,55+,58-,59-,60-,61-,62-,63-,64-,65-,66-,67-,68-,69-,70-,75-,76-,77-/m0/s1. The van der Waals surface area contributed by atoms with E-state index in [1.54, 1.807) is 41.5 Å². The van der Waals surface area contributed by atoms with E-state index < -0.39 is 296 Å². The lowest BCUT2D eigenvalue weighted by molar-refractivity contribution is -0.148. The van der Waals surface area contributed by atoms with E-state index in [1.165, 1.54) is 66.7 Å². The second-order valence-corrected chi connectivity index (χ2v) is 38.8. The van der Waals surface area contributed by atoms with E-state index in [1.807, 2.05) is 0 Å². The first-order valence-corrected chi connectivity index (χ1v) is 50.4. The van der Waals surface area contributed by atoms with Crippen LogP contribution in [0, 0.1) is 23.7 Å². The van der Waals surface area contributed by atoms with Crippen LogP contribution in [0.1, 0.15) is 223 Å². The Bertz CT molecular complexity index is 4630. The summed E-state index contributed by atoms with van der Waals surface area (Å²) in [5.41, 5.74) is 35.0. The Labute approximate surface area is 855 Å². The molecule has 3 aliphatic rings. The summed E-state index contributed by atoms with van der Waals surface area (Å²) in [5.74, 6) is -22.7. The number of aromatic hydroxyl groups is 1. The van der Waals surface area contributed by atoms with Gasteiger partial charge in [0.1, 0.15) is 108 Å². The number of nitrogens with zero attached hydrogens (tertiary/aromatic N) is 3. The molecule has 0 bridgehead atoms. The fraction of sp³-hybridized carbons (Fsp3) is 0.705. The predicted molar refractivity (Wildman–Crippen MR) is 531 cm³/mol. The molecule has 33 N–H and O–H groups in total. The molecular formula is C95H159N25O27. The van der Waals surface area contributed by atoms with Crippen molar-refractivity contribution < 1.29 is 131 Å². The molecule has 0 saturated carbocycles. The van der Waals surface area contributed by atoms with Gasteiger partial charge in [0.2, 0.25) is 124 Å². The van der Waals surface area contributed by atoms with Crippen molar-refractivity contribution in [1.82, 2.24) is 99.8 Å². The number of nitrogens with one attached hydrogen (secondary N) is 16. The summed E-state index contributed by atoms with van der Waals surface area (Å²) in [4.78, 5) is 308. The van der Waals surface area contributed by atoms with E-state index >= 15 is 4.79 Å². The molecule has 1 aromatic carbocycles. The van der Waals surface area contributed by atoms with Crippen LogP contribution in [0.2, 0.25) is 0 Å². The number of nitrogens with two attached hydrogens (primary N) is 6. The van der Waals surface area contributed by atoms with Crippen molar-refractivity contribution in [3.8, 4) is 5.75 Å². The molecule has 21 amide bonds. The smallest absolute Gasteiger partial charge is 0.326 e. The zero-order valence-electron chi connectivity index (χ0n) is 85.9. The maximum Gasteiger partial charge on any atom is 0.326 e. The fourth-order valence-corrected chi connectivity index (χ4v) is 16.8. The number of amides is 21. The molecule has 0 unspecified atom stereocenters. The number of carboxylic acids is 1. The zero-order chi connectivity index (χ0) is 110. The number of rotatable bonds is 66. The minimum absolute atomic E-state index is 0.0178. The van der Waals surface area contributed by atoms with Crippen LogP contribution in [-0.2, 0) is 112 Å². The second kappa shape index (κ2) is 64.3. The number of phenolic OH excluding ortho intramolecular Hbond substituents is 1. The lowest BCUT2D eigenvalue weighted by atomic mass is 9.95. The first-order chi connectivity index (χ1) is 69.4. The highest BCUT2D eigenvalue weighted by molar-refractivity contribution is 6.02. The summed E-state index contributed by atoms with van der Waals surface area (Å²) in [5, 5.41) is 90.5. The monoisotopic (exact) mass is 2080 g/mol. The van der Waals surface area contributed by atoms with Crippen molar-refractivity contribution in [1.29, 1.82) is 0 Å². The third-order valence-corrected chi connectivity index (χ3v) is 25.3. The average Bonchev–Trinajstić information content (AvgIpc) is 1.65. The molecule has 0 spiro atoms. The van der Waals surface area contributed by atoms with Gasteiger partial charge in [0, 0.05) is 38.9 Å². The van der Waals surface area contributed by atoms with E-state index in [0.717, 1.165) is 6.92 Å². The molecule has 52 heteroatoms. The molecule has 3 fully saturated rings. The number of aliphatic hydroxyl groups excluding tert-OH is 3. The minimum atomic E-state index is -1.91. The van der Waals surface area contributed by atoms with E-state index in [9.17, 15) is 126 Å². The fourth-order valence-electron chi connectivity index (χ4n) is 16.8. The number of phenols is 1. The van der Waals surface area contributed by atoms with Gasteiger partial charge in [-0.1, -0.05) is 80.4 Å². The summed E-state index contributed by atoms with van der Waals surface area (Å²) in [7, 11) is 0. The Hall–Kier alpha value is -12.9. The zero-order valence-corrected chi connectivity index (χ0v) is 85.9. The molecule has 4 rings (SSSR count). The molecule has 0 aliphatic carbocycles. The van der Waals surface area contributed by atoms with Crippen LogP contribution in [0.4, 0.5) is 0 Å². The van der Waals surface area contributed by atoms with Gasteiger partial charge in [-0.15, -0.1) is 0 Å². The molecule has 147 heavy (non-hydrogen) atoms. The van der Waals surface area contributed by atoms with Crippen LogP contribution in [0.5, 0.6) is 5.75 Å². The van der Waals surface area contributed by atoms with Gasteiger partial charge < -0.3 is 160 Å². The van der Waals surface area contributed by atoms with Crippen LogP contribution in [-0.4, -0.2) is 351 Å². The van der Waals surface area contributed by atoms with Gasteiger partial charge in [0.15, 0.2) is 0 Å². The number of primary amides is 2. The first-order valence-electron chi connectivity index (χ1n) is 50.4. The van der Waals surface area contributed by atoms with Crippen molar-refractivity contribution in [2.24, 2.45) is 58.1 Å². The first kappa shape index (κ1) is 126. The van der Waals surface area contributed by atoms with Crippen molar-refractivity contribution >= 4 is 130 Å². The van der Waals surface area contributed by atoms with Gasteiger partial charge in [-0.3, -0.25) is 101 Å². The molecule has 826 valence electrons. The van der Waals surface area contributed by atoms with Crippen LogP contribution in [0.25, 0.3) is 0 Å². The number of unbranched alkanes of at least 4 members (excludes halogenated alkanes) is 3. The highest BCUT2D eigenvalue weighted by Crippen LogP contribution is 2.28. The Morgan fingerprint density at radius 3 is 1.26 bits per heavy atom. The van der Waals surface area contributed by atoms with Crippen molar-refractivity contribution in [3.63, 3.8) is 0 Å². The molecule has 0 aromatic heterocycles. The molecule has 20 atom stereocenters. The number of aliphatic hydroxyl groups is 3. The number of benzene rings is 1. The Morgan fingerprint density at radius 1 is 0.388 bits per heavy atom. The Morgan fingerprint density at radius 2 is 0.776 bits per heavy atom. The quantitative estimate of drug-likeness (QED) is 0.0269. The third kappa shape index (κ3) is 42.5. The molecule has 52 nitrogen and oxygen atoms in total. The molecule has 3 saturated heterocycles. The minimum Gasteiger partial charge on any atom is -0.508 e. The van der Waals surface area contributed by atoms with Gasteiger partial charge in [-0.05, 0) is 197 Å². The second-order valence-electron chi connectivity index (χ2n) is 38.8. The van der Waals surface area contributed by atoms with Gasteiger partial charge in [0.05, 0.1) is 38.4 Å². The summed E-state index contributed by atoms with van der Waals surface area (Å²) in [6, 6.07) is -20.7. The molecule has 3 heterocycles. The largest absolute Gasteiger partial charge is 0.508 e. The van der Waals surface area contributed by atoms with Gasteiger partial charge >= 0.3 is 5.97 Å². The van der Waals surface area contributed by atoms with E-state index in [0.29, 0.717) is 69.9 Å². The van der Waals surface area contributed by atoms with Gasteiger partial charge in [0.25, 0.3) is 0 Å². The SMILES string of the molecule is CC[C@H](C)[C@H](NC(=O)[C@H](CC(C)C)NC(=O)[C@H](CCC(N)=O)NC(=O)[C@H](CCCCN)NC(=O)[C@@H]1CCCN1C(=O)[C@@H]1CCCN1C(=O)[C@H](CCC(N)=O)NC(=O)CNC(=O)[C@@H]1CCCN1C(=O)[C@@H](N)CCCCN)C(=O)N[C@@H](Cc1ccc(O)cc1)C(=O)N[C@@H](CCCCN)C(=O)N[C@@H](C)C(=O)N[C@@H](CO)C(=O)N[C@H](C(=O)N[C@@H](CC(C)C)C(=O)N[C@@H](C)C(=O)N[C@@H](CO)C(=O)NCC(=O)N[C@H](C(=O)O)C(C)C)[C@@H](C)O. The molecule has 1 aromatic rings. The number of aliphatic carboxylic acids is 1. The number of carboxylic acid groups (broad SMARTS) is 1. The average molecular weight is 2080 g/mol. The maximum absolute atomic E-state index is 15.0. The lowest BCUT2D eigenvalue weighted by Gasteiger charge is -2.33. The van der Waals surface area contributed by atoms with E-state index in [4.69, 9.17) is 34.4 Å². The number of hydrogen-bond acceptors (Lipinski definition) is 30. The maximum atomic E-state index is 15.0. The Kier molecular flexibility index (Phi) is 55.2. The summed E-state index contributed by atoms with van der Waals surface area (Å²) in [6.07, 6.45) is 0.320. The Balaban J connectivity index is 1.52. The predicted octanol–water partition coefficient (Wildman–Crippen LogP) is -8.54. The normalized spacial score (nSPS) is 17.9. The summed E-state index contributed by atoms with van der Waals surface area (Å²) >= 11 is 0. The van der Waals surface area contributed by atoms with Crippen LogP contribution in [0.15, 0.2) is 24.3 Å². The van der Waals surface area contributed by atoms with Crippen molar-refractivity contribution in [3.05, 3.63) is 29.8 Å². The molecule has 3 aliphatic heterocycles. The highest BCUT2D eigenvalue weighted by Gasteiger charge is 2.47. The number of hydrogen-bond donors (Lipinski definition) is 27. The summed E-state index contributed by atoms with van der Waals surface area (Å²) < 4.78 is 0. The lowest BCUT2D eigenvalue weighted by Crippen LogP contribution is -2.62.